The van der Waals surface area contributed by atoms with Crippen LogP contribution in [0.3, 0.4) is 0 Å². The Bertz CT molecular complexity index is 1610. The van der Waals surface area contributed by atoms with Crippen LogP contribution in [0.4, 0.5) is 5.13 Å². The molecule has 0 spiro atoms. The number of nitrogens with zero attached hydrogens (tertiary/aromatic N) is 6. The number of hydrogen-bond donors (Lipinski definition) is 0. The molecule has 0 unspecified atom stereocenters. The van der Waals surface area contributed by atoms with Crippen LogP contribution in [0.25, 0.3) is 10.2 Å². The van der Waals surface area contributed by atoms with Crippen LogP contribution >= 0.6 is 22.9 Å². The van der Waals surface area contributed by atoms with E-state index in [9.17, 15) is 13.2 Å². The van der Waals surface area contributed by atoms with Gasteiger partial charge in [0.2, 0.25) is 10.0 Å². The van der Waals surface area contributed by atoms with Crippen LogP contribution in [0, 0.1) is 22.7 Å². The number of amides is 1. The number of fused-ring (bicyclic) bond motifs is 1. The number of carbonyl (C=O) groups excluding carboxylic acids is 1. The van der Waals surface area contributed by atoms with Crippen molar-refractivity contribution >= 4 is 54.2 Å². The fraction of sp³-hybridized carbons (Fsp3) is 0.192. The van der Waals surface area contributed by atoms with E-state index in [1.165, 1.54) is 40.5 Å². The molecule has 0 bridgehead atoms. The van der Waals surface area contributed by atoms with Gasteiger partial charge in [0, 0.05) is 42.7 Å². The molecule has 2 aromatic carbocycles. The smallest absolute Gasteiger partial charge is 0.260 e. The van der Waals surface area contributed by atoms with Gasteiger partial charge in [-0.2, -0.15) is 14.8 Å². The van der Waals surface area contributed by atoms with Gasteiger partial charge in [-0.25, -0.2) is 13.4 Å². The third kappa shape index (κ3) is 6.15. The molecule has 12 heteroatoms. The number of halogens is 1. The first kappa shape index (κ1) is 27.2. The standard InChI is InChI=1S/C26H21ClN6O3S2/c27-20-8-11-23-24(17-20)37-26(31-23)33(18-21-5-1-2-14-30-21)25(34)19-6-9-22(10-7-19)38(35,36)32(15-3-12-28)16-4-13-29/h1-2,5-11,14,17H,3-4,15-16,18H2. The van der Waals surface area contributed by atoms with Gasteiger partial charge in [-0.05, 0) is 54.6 Å². The fourth-order valence-corrected chi connectivity index (χ4v) is 6.34. The van der Waals surface area contributed by atoms with Crippen molar-refractivity contribution in [2.45, 2.75) is 24.3 Å². The van der Waals surface area contributed by atoms with E-state index in [0.717, 1.165) is 9.01 Å². The lowest BCUT2D eigenvalue weighted by atomic mass is 10.2. The molecule has 9 nitrogen and oxygen atoms in total. The van der Waals surface area contributed by atoms with E-state index in [0.29, 0.717) is 21.4 Å². The van der Waals surface area contributed by atoms with Crippen LogP contribution in [0.5, 0.6) is 0 Å². The van der Waals surface area contributed by atoms with Gasteiger partial charge in [-0.1, -0.05) is 29.0 Å². The van der Waals surface area contributed by atoms with E-state index in [-0.39, 0.29) is 48.8 Å². The highest BCUT2D eigenvalue weighted by atomic mass is 35.5. The summed E-state index contributed by atoms with van der Waals surface area (Å²) < 4.78 is 28.2. The Morgan fingerprint density at radius 3 is 2.34 bits per heavy atom. The summed E-state index contributed by atoms with van der Waals surface area (Å²) in [6, 6.07) is 20.1. The minimum absolute atomic E-state index is 0.00289. The van der Waals surface area contributed by atoms with Crippen molar-refractivity contribution in [1.29, 1.82) is 10.5 Å². The second-order valence-electron chi connectivity index (χ2n) is 8.07. The van der Waals surface area contributed by atoms with Crippen LogP contribution < -0.4 is 4.90 Å². The molecule has 0 aliphatic rings. The molecule has 0 saturated heterocycles. The highest BCUT2D eigenvalue weighted by molar-refractivity contribution is 7.89. The Hall–Kier alpha value is -3.87. The van der Waals surface area contributed by atoms with Crippen molar-refractivity contribution in [3.63, 3.8) is 0 Å². The molecular weight excluding hydrogens is 544 g/mol. The van der Waals surface area contributed by atoms with Crippen LogP contribution in [-0.4, -0.2) is 41.7 Å². The predicted octanol–water partition coefficient (Wildman–Crippen LogP) is 5.01. The third-order valence-electron chi connectivity index (χ3n) is 5.55. The summed E-state index contributed by atoms with van der Waals surface area (Å²) in [6.07, 6.45) is 1.63. The number of aromatic nitrogens is 2. The van der Waals surface area contributed by atoms with Crippen molar-refractivity contribution in [1.82, 2.24) is 14.3 Å². The lowest BCUT2D eigenvalue weighted by Gasteiger charge is -2.21. The minimum Gasteiger partial charge on any atom is -0.278 e. The molecule has 192 valence electrons. The number of pyridine rings is 1. The number of thiazole rings is 1. The summed E-state index contributed by atoms with van der Waals surface area (Å²) in [6.45, 7) is 0.102. The Morgan fingerprint density at radius 1 is 1.00 bits per heavy atom. The maximum atomic E-state index is 13.7. The largest absolute Gasteiger partial charge is 0.278 e. The number of sulfonamides is 1. The van der Waals surface area contributed by atoms with E-state index >= 15 is 0 Å². The molecule has 0 radical (unpaired) electrons. The van der Waals surface area contributed by atoms with Gasteiger partial charge in [-0.15, -0.1) is 0 Å². The maximum absolute atomic E-state index is 13.7. The summed E-state index contributed by atoms with van der Waals surface area (Å²) >= 11 is 7.44. The van der Waals surface area contributed by atoms with Crippen molar-refractivity contribution in [3.8, 4) is 12.1 Å². The zero-order valence-corrected chi connectivity index (χ0v) is 22.4. The monoisotopic (exact) mass is 564 g/mol. The average molecular weight is 565 g/mol. The van der Waals surface area contributed by atoms with Gasteiger partial charge < -0.3 is 0 Å². The Labute approximate surface area is 229 Å². The summed E-state index contributed by atoms with van der Waals surface area (Å²) in [5.41, 5.74) is 1.62. The summed E-state index contributed by atoms with van der Waals surface area (Å²) in [5, 5.41) is 18.8. The Morgan fingerprint density at radius 2 is 1.71 bits per heavy atom. The van der Waals surface area contributed by atoms with Gasteiger partial charge in [0.05, 0.1) is 39.5 Å². The molecule has 4 aromatic rings. The van der Waals surface area contributed by atoms with E-state index < -0.39 is 10.0 Å². The molecular formula is C26H21ClN6O3S2. The molecule has 1 amide bonds. The highest BCUT2D eigenvalue weighted by Crippen LogP contribution is 2.32. The second-order valence-corrected chi connectivity index (χ2v) is 11.4. The van der Waals surface area contributed by atoms with Crippen LogP contribution in [-0.2, 0) is 16.6 Å². The normalized spacial score (nSPS) is 11.3. The summed E-state index contributed by atoms with van der Waals surface area (Å²) in [4.78, 5) is 24.1. The van der Waals surface area contributed by atoms with Crippen LogP contribution in [0.1, 0.15) is 28.9 Å². The molecule has 4 rings (SSSR count). The predicted molar refractivity (Wildman–Crippen MR) is 145 cm³/mol. The number of rotatable bonds is 10. The van der Waals surface area contributed by atoms with Crippen LogP contribution in [0.15, 0.2) is 71.8 Å². The first-order valence-corrected chi connectivity index (χ1v) is 14.1. The minimum atomic E-state index is -3.96. The van der Waals surface area contributed by atoms with Gasteiger partial charge in [0.15, 0.2) is 5.13 Å². The lowest BCUT2D eigenvalue weighted by Crippen LogP contribution is -2.33. The van der Waals surface area contributed by atoms with E-state index in [4.69, 9.17) is 22.1 Å². The Balaban J connectivity index is 1.66. The molecule has 0 N–H and O–H groups in total. The van der Waals surface area contributed by atoms with E-state index in [2.05, 4.69) is 9.97 Å². The van der Waals surface area contributed by atoms with Crippen LogP contribution in [0.2, 0.25) is 5.02 Å². The molecule has 2 aromatic heterocycles. The number of anilines is 1. The topological polar surface area (TPSA) is 131 Å². The molecule has 0 fully saturated rings. The molecule has 2 heterocycles. The first-order chi connectivity index (χ1) is 18.3. The number of nitriles is 2. The highest BCUT2D eigenvalue weighted by Gasteiger charge is 2.26. The first-order valence-electron chi connectivity index (χ1n) is 11.5. The molecule has 0 aliphatic carbocycles. The van der Waals surface area contributed by atoms with Crippen molar-refractivity contribution in [2.24, 2.45) is 0 Å². The van der Waals surface area contributed by atoms with Crippen molar-refractivity contribution in [2.75, 3.05) is 18.0 Å². The zero-order chi connectivity index (χ0) is 27.1. The summed E-state index contributed by atoms with van der Waals surface area (Å²) in [7, 11) is -3.96. The van der Waals surface area contributed by atoms with Crippen molar-refractivity contribution < 1.29 is 13.2 Å². The number of benzene rings is 2. The summed E-state index contributed by atoms with van der Waals surface area (Å²) in [5.74, 6) is -0.379. The second kappa shape index (κ2) is 12.1. The SMILES string of the molecule is N#CCCN(CCC#N)S(=O)(=O)c1ccc(C(=O)N(Cc2ccccn2)c2nc3ccc(Cl)cc3s2)cc1. The lowest BCUT2D eigenvalue weighted by molar-refractivity contribution is 0.0984. The molecule has 0 atom stereocenters. The average Bonchev–Trinajstić information content (AvgIpc) is 3.35. The molecule has 0 saturated carbocycles. The Kier molecular flexibility index (Phi) is 8.66. The fourth-order valence-electron chi connectivity index (χ4n) is 3.66. The number of carbonyl (C=O) groups is 1. The third-order valence-corrected chi connectivity index (χ3v) is 8.74. The van der Waals surface area contributed by atoms with E-state index in [1.54, 1.807) is 36.5 Å². The van der Waals surface area contributed by atoms with E-state index in [1.807, 2.05) is 18.2 Å². The van der Waals surface area contributed by atoms with Gasteiger partial charge in [0.25, 0.3) is 5.91 Å². The van der Waals surface area contributed by atoms with Gasteiger partial charge >= 0.3 is 0 Å². The van der Waals surface area contributed by atoms with Gasteiger partial charge in [-0.3, -0.25) is 14.7 Å². The maximum Gasteiger partial charge on any atom is 0.260 e. The van der Waals surface area contributed by atoms with Crippen molar-refractivity contribution in [3.05, 3.63) is 83.1 Å². The van der Waals surface area contributed by atoms with Gasteiger partial charge in [0.1, 0.15) is 0 Å². The zero-order valence-electron chi connectivity index (χ0n) is 20.0. The molecule has 0 aliphatic heterocycles. The quantitative estimate of drug-likeness (QED) is 0.264. The molecule has 38 heavy (non-hydrogen) atoms. The number of hydrogen-bond acceptors (Lipinski definition) is 8.